The topological polar surface area (TPSA) is 95.0 Å². The monoisotopic (exact) mass is 307 g/mol. The number of nitriles is 1. The molecule has 1 saturated heterocycles. The molecule has 1 unspecified atom stereocenters. The lowest BCUT2D eigenvalue weighted by Crippen LogP contribution is -2.44. The number of piperidine rings is 1. The van der Waals surface area contributed by atoms with Gasteiger partial charge in [-0.25, -0.2) is 4.98 Å². The molecule has 0 spiro atoms. The number of carbonyl (C=O) groups is 1. The maximum atomic E-state index is 12.0. The van der Waals surface area contributed by atoms with Crippen LogP contribution in [-0.4, -0.2) is 37.1 Å². The van der Waals surface area contributed by atoms with Crippen LogP contribution in [0.1, 0.15) is 18.4 Å². The molecule has 1 fully saturated rings. The lowest BCUT2D eigenvalue weighted by molar-refractivity contribution is -0.125. The van der Waals surface area contributed by atoms with Crippen molar-refractivity contribution >= 4 is 23.3 Å². The highest BCUT2D eigenvalue weighted by molar-refractivity contribution is 6.34. The van der Waals surface area contributed by atoms with Gasteiger partial charge in [0.15, 0.2) is 0 Å². The molecule has 1 amide bonds. The maximum absolute atomic E-state index is 12.0. The van der Waals surface area contributed by atoms with E-state index in [0.717, 1.165) is 19.4 Å². The van der Waals surface area contributed by atoms with E-state index in [2.05, 4.69) is 10.3 Å². The van der Waals surface area contributed by atoms with Crippen LogP contribution in [-0.2, 0) is 4.79 Å². The van der Waals surface area contributed by atoms with E-state index < -0.39 is 0 Å². The normalized spacial score (nSPS) is 18.1. The van der Waals surface area contributed by atoms with Gasteiger partial charge in [-0.15, -0.1) is 0 Å². The summed E-state index contributed by atoms with van der Waals surface area (Å²) in [4.78, 5) is 18.3. The third-order valence-corrected chi connectivity index (χ3v) is 3.90. The van der Waals surface area contributed by atoms with E-state index in [4.69, 9.17) is 22.6 Å². The summed E-state index contributed by atoms with van der Waals surface area (Å²) in [7, 11) is 0. The fraction of sp³-hybridized carbons (Fsp3) is 0.500. The molecule has 1 atom stereocenters. The van der Waals surface area contributed by atoms with Crippen molar-refractivity contribution in [3.8, 4) is 6.07 Å². The molecule has 0 saturated carbocycles. The van der Waals surface area contributed by atoms with Gasteiger partial charge in [0.1, 0.15) is 16.9 Å². The molecule has 1 aliphatic heterocycles. The van der Waals surface area contributed by atoms with Gasteiger partial charge in [0.2, 0.25) is 5.91 Å². The van der Waals surface area contributed by atoms with Gasteiger partial charge in [-0.2, -0.15) is 5.26 Å². The van der Waals surface area contributed by atoms with Crippen LogP contribution in [0, 0.1) is 17.2 Å². The zero-order chi connectivity index (χ0) is 15.2. The number of nitrogens with two attached hydrogens (primary N) is 1. The van der Waals surface area contributed by atoms with Crippen LogP contribution in [0.15, 0.2) is 12.3 Å². The molecule has 1 aliphatic rings. The van der Waals surface area contributed by atoms with Crippen LogP contribution in [0.3, 0.4) is 0 Å². The highest BCUT2D eigenvalue weighted by Gasteiger charge is 2.27. The first-order chi connectivity index (χ1) is 10.2. The molecule has 21 heavy (non-hydrogen) atoms. The summed E-state index contributed by atoms with van der Waals surface area (Å²) in [6.45, 7) is 2.25. The summed E-state index contributed by atoms with van der Waals surface area (Å²) in [5, 5.41) is 12.2. The highest BCUT2D eigenvalue weighted by Crippen LogP contribution is 2.29. The Hall–Kier alpha value is -1.84. The number of rotatable bonds is 4. The van der Waals surface area contributed by atoms with Crippen molar-refractivity contribution in [3.63, 3.8) is 0 Å². The molecular weight excluding hydrogens is 290 g/mol. The number of nitrogens with one attached hydrogen (secondary N) is 1. The number of hydrogen-bond acceptors (Lipinski definition) is 5. The van der Waals surface area contributed by atoms with Gasteiger partial charge in [-0.1, -0.05) is 11.6 Å². The lowest BCUT2D eigenvalue weighted by atomic mass is 9.97. The Morgan fingerprint density at radius 2 is 2.48 bits per heavy atom. The van der Waals surface area contributed by atoms with Gasteiger partial charge in [0.25, 0.3) is 0 Å². The van der Waals surface area contributed by atoms with Crippen LogP contribution in [0.25, 0.3) is 0 Å². The second-order valence-electron chi connectivity index (χ2n) is 4.97. The Morgan fingerprint density at radius 3 is 3.19 bits per heavy atom. The Bertz CT molecular complexity index is 557. The molecule has 0 bridgehead atoms. The molecule has 3 N–H and O–H groups in total. The Labute approximate surface area is 128 Å². The summed E-state index contributed by atoms with van der Waals surface area (Å²) in [5.41, 5.74) is 5.79. The van der Waals surface area contributed by atoms with E-state index in [1.165, 1.54) is 0 Å². The number of anilines is 1. The third-order valence-electron chi connectivity index (χ3n) is 3.53. The molecule has 0 radical (unpaired) electrons. The average Bonchev–Trinajstić information content (AvgIpc) is 2.53. The predicted molar refractivity (Wildman–Crippen MR) is 81.0 cm³/mol. The minimum atomic E-state index is -0.103. The van der Waals surface area contributed by atoms with E-state index in [9.17, 15) is 4.79 Å². The summed E-state index contributed by atoms with van der Waals surface area (Å²) >= 11 is 6.21. The first-order valence-electron chi connectivity index (χ1n) is 6.94. The van der Waals surface area contributed by atoms with Crippen LogP contribution in [0.2, 0.25) is 5.02 Å². The predicted octanol–water partition coefficient (Wildman–Crippen LogP) is 0.898. The number of carbonyl (C=O) groups excluding carboxylic acids is 1. The molecule has 7 heteroatoms. The molecule has 2 heterocycles. The number of hydrogen-bond donors (Lipinski definition) is 2. The Kier molecular flexibility index (Phi) is 5.37. The summed E-state index contributed by atoms with van der Waals surface area (Å²) in [6, 6.07) is 3.63. The van der Waals surface area contributed by atoms with Gasteiger partial charge >= 0.3 is 0 Å². The minimum absolute atomic E-state index is 0.0118. The molecule has 6 nitrogen and oxygen atoms in total. The van der Waals surface area contributed by atoms with Crippen LogP contribution in [0.4, 0.5) is 5.82 Å². The number of nitrogens with zero attached hydrogens (tertiary/aromatic N) is 3. The van der Waals surface area contributed by atoms with Crippen molar-refractivity contribution in [1.82, 2.24) is 10.3 Å². The Balaban J connectivity index is 2.11. The van der Waals surface area contributed by atoms with Gasteiger partial charge in [0, 0.05) is 32.4 Å². The SMILES string of the molecule is N#Cc1ccnc(N2CCCC(C(=O)NCCN)C2)c1Cl. The van der Waals surface area contributed by atoms with Crippen molar-refractivity contribution in [2.45, 2.75) is 12.8 Å². The molecule has 2 rings (SSSR count). The zero-order valence-corrected chi connectivity index (χ0v) is 12.4. The number of aromatic nitrogens is 1. The van der Waals surface area contributed by atoms with Crippen molar-refractivity contribution in [2.24, 2.45) is 11.7 Å². The van der Waals surface area contributed by atoms with Crippen molar-refractivity contribution in [3.05, 3.63) is 22.8 Å². The van der Waals surface area contributed by atoms with E-state index >= 15 is 0 Å². The van der Waals surface area contributed by atoms with Crippen LogP contribution in [0.5, 0.6) is 0 Å². The standard InChI is InChI=1S/C14H18ClN5O/c15-12-10(8-17)3-5-18-13(12)20-7-1-2-11(9-20)14(21)19-6-4-16/h3,5,11H,1-2,4,6-7,9,16H2,(H,19,21). The summed E-state index contributed by atoms with van der Waals surface area (Å²) < 4.78 is 0. The second kappa shape index (κ2) is 7.25. The molecule has 0 aromatic carbocycles. The lowest BCUT2D eigenvalue weighted by Gasteiger charge is -2.33. The average molecular weight is 308 g/mol. The fourth-order valence-corrected chi connectivity index (χ4v) is 2.74. The smallest absolute Gasteiger partial charge is 0.224 e. The molecule has 1 aromatic rings. The first-order valence-corrected chi connectivity index (χ1v) is 7.32. The number of amides is 1. The molecule has 1 aromatic heterocycles. The van der Waals surface area contributed by atoms with E-state index in [-0.39, 0.29) is 11.8 Å². The molecule has 112 valence electrons. The summed E-state index contributed by atoms with van der Waals surface area (Å²) in [5.74, 6) is 0.485. The minimum Gasteiger partial charge on any atom is -0.355 e. The van der Waals surface area contributed by atoms with E-state index in [1.54, 1.807) is 12.3 Å². The quantitative estimate of drug-likeness (QED) is 0.861. The van der Waals surface area contributed by atoms with Gasteiger partial charge < -0.3 is 16.0 Å². The van der Waals surface area contributed by atoms with Crippen molar-refractivity contribution in [1.29, 1.82) is 5.26 Å². The molecular formula is C14H18ClN5O. The van der Waals surface area contributed by atoms with Crippen molar-refractivity contribution < 1.29 is 4.79 Å². The largest absolute Gasteiger partial charge is 0.355 e. The fourth-order valence-electron chi connectivity index (χ4n) is 2.46. The first kappa shape index (κ1) is 15.5. The van der Waals surface area contributed by atoms with Gasteiger partial charge in [0.05, 0.1) is 11.5 Å². The van der Waals surface area contributed by atoms with Gasteiger partial charge in [-0.3, -0.25) is 4.79 Å². The number of pyridine rings is 1. The van der Waals surface area contributed by atoms with Gasteiger partial charge in [-0.05, 0) is 18.9 Å². The zero-order valence-electron chi connectivity index (χ0n) is 11.7. The summed E-state index contributed by atoms with van der Waals surface area (Å²) in [6.07, 6.45) is 3.29. The van der Waals surface area contributed by atoms with E-state index in [1.807, 2.05) is 11.0 Å². The molecule has 0 aliphatic carbocycles. The second-order valence-corrected chi connectivity index (χ2v) is 5.35. The number of halogens is 1. The van der Waals surface area contributed by atoms with E-state index in [0.29, 0.717) is 36.0 Å². The van der Waals surface area contributed by atoms with Crippen LogP contribution < -0.4 is 16.0 Å². The van der Waals surface area contributed by atoms with Crippen LogP contribution >= 0.6 is 11.6 Å². The maximum Gasteiger partial charge on any atom is 0.224 e. The Morgan fingerprint density at radius 1 is 1.67 bits per heavy atom. The van der Waals surface area contributed by atoms with Crippen molar-refractivity contribution in [2.75, 3.05) is 31.1 Å². The highest BCUT2D eigenvalue weighted by atomic mass is 35.5. The third kappa shape index (κ3) is 3.63.